The van der Waals surface area contributed by atoms with Crippen molar-refractivity contribution in [3.05, 3.63) is 29.3 Å². The van der Waals surface area contributed by atoms with Crippen LogP contribution in [0.25, 0.3) is 0 Å². The van der Waals surface area contributed by atoms with Gasteiger partial charge < -0.3 is 10.1 Å². The number of esters is 1. The van der Waals surface area contributed by atoms with E-state index >= 15 is 0 Å². The molecule has 0 spiro atoms. The molecule has 1 N–H and O–H groups in total. The summed E-state index contributed by atoms with van der Waals surface area (Å²) in [5, 5.41) is 2.75. The fraction of sp³-hybridized carbons (Fsp3) is 0.529. The maximum Gasteiger partial charge on any atom is 0.338 e. The van der Waals surface area contributed by atoms with E-state index in [0.717, 1.165) is 11.8 Å². The fourth-order valence-electron chi connectivity index (χ4n) is 2.60. The Bertz CT molecular complexity index is 796. The van der Waals surface area contributed by atoms with Crippen LogP contribution in [0.1, 0.15) is 43.6 Å². The molecule has 1 aliphatic rings. The van der Waals surface area contributed by atoms with E-state index in [1.165, 1.54) is 17.3 Å². The van der Waals surface area contributed by atoms with Crippen molar-refractivity contribution in [2.24, 2.45) is 0 Å². The topological polar surface area (TPSA) is 92.8 Å². The third-order valence-corrected chi connectivity index (χ3v) is 4.90. The van der Waals surface area contributed by atoms with Crippen LogP contribution in [0.5, 0.6) is 0 Å². The zero-order chi connectivity index (χ0) is 19.0. The fourth-order valence-corrected chi connectivity index (χ4v) is 3.55. The van der Waals surface area contributed by atoms with Crippen LogP contribution in [0.3, 0.4) is 0 Å². The molecule has 7 nitrogen and oxygen atoms in total. The van der Waals surface area contributed by atoms with Crippen LogP contribution in [0.4, 0.5) is 5.69 Å². The molecule has 0 bridgehead atoms. The second-order valence-corrected chi connectivity index (χ2v) is 9.12. The third-order valence-electron chi connectivity index (χ3n) is 3.72. The Morgan fingerprint density at radius 2 is 1.92 bits per heavy atom. The number of ether oxygens (including phenoxy) is 1. The zero-order valence-corrected chi connectivity index (χ0v) is 15.9. The minimum atomic E-state index is -3.33. The minimum absolute atomic E-state index is 0.296. The molecule has 8 heteroatoms. The molecule has 0 saturated carbocycles. The Hall–Kier alpha value is -2.09. The minimum Gasteiger partial charge on any atom is -0.449 e. The number of benzene rings is 1. The van der Waals surface area contributed by atoms with E-state index in [0.29, 0.717) is 24.2 Å². The molecule has 0 fully saturated rings. The largest absolute Gasteiger partial charge is 0.449 e. The molecule has 1 aromatic rings. The number of carbonyl (C=O) groups is 2. The summed E-state index contributed by atoms with van der Waals surface area (Å²) in [5.41, 5.74) is 1.23. The Kier molecular flexibility index (Phi) is 5.13. The molecule has 138 valence electrons. The van der Waals surface area contributed by atoms with Crippen LogP contribution in [-0.4, -0.2) is 44.7 Å². The first-order valence-electron chi connectivity index (χ1n) is 8.02. The lowest BCUT2D eigenvalue weighted by atomic mass is 10.1. The summed E-state index contributed by atoms with van der Waals surface area (Å²) >= 11 is 0. The summed E-state index contributed by atoms with van der Waals surface area (Å²) in [6, 6.07) is 4.73. The third kappa shape index (κ3) is 4.72. The molecule has 1 amide bonds. The SMILES string of the molecule is C[C@H](OC(=O)c1ccc2c(c1)CCN2S(C)(=O)=O)C(=O)NC(C)(C)C. The number of anilines is 1. The Balaban J connectivity index is 2.10. The Morgan fingerprint density at radius 1 is 1.28 bits per heavy atom. The molecule has 0 saturated heterocycles. The lowest BCUT2D eigenvalue weighted by molar-refractivity contribution is -0.130. The highest BCUT2D eigenvalue weighted by Gasteiger charge is 2.28. The number of fused-ring (bicyclic) bond motifs is 1. The second kappa shape index (κ2) is 6.67. The maximum atomic E-state index is 12.3. The van der Waals surface area contributed by atoms with E-state index in [-0.39, 0.29) is 5.91 Å². The molecular formula is C17H24N2O5S. The number of hydrogen-bond acceptors (Lipinski definition) is 5. The van der Waals surface area contributed by atoms with Gasteiger partial charge in [-0.25, -0.2) is 13.2 Å². The van der Waals surface area contributed by atoms with Gasteiger partial charge >= 0.3 is 5.97 Å². The molecule has 0 radical (unpaired) electrons. The number of hydrogen-bond donors (Lipinski definition) is 1. The van der Waals surface area contributed by atoms with Gasteiger partial charge in [0.05, 0.1) is 17.5 Å². The van der Waals surface area contributed by atoms with Crippen LogP contribution in [-0.2, 0) is 26.0 Å². The summed E-state index contributed by atoms with van der Waals surface area (Å²) in [5.74, 6) is -0.984. The van der Waals surface area contributed by atoms with Gasteiger partial charge in [0.15, 0.2) is 6.10 Å². The lowest BCUT2D eigenvalue weighted by Crippen LogP contribution is -2.46. The van der Waals surface area contributed by atoms with Crippen molar-refractivity contribution in [3.8, 4) is 0 Å². The quantitative estimate of drug-likeness (QED) is 0.813. The summed E-state index contributed by atoms with van der Waals surface area (Å²) < 4.78 is 30.0. The molecule has 1 heterocycles. The van der Waals surface area contributed by atoms with Crippen LogP contribution < -0.4 is 9.62 Å². The van der Waals surface area contributed by atoms with Crippen LogP contribution >= 0.6 is 0 Å². The molecule has 0 unspecified atom stereocenters. The first-order chi connectivity index (χ1) is 11.4. The second-order valence-electron chi connectivity index (χ2n) is 7.22. The normalized spacial score (nSPS) is 15.5. The van der Waals surface area contributed by atoms with Gasteiger partial charge in [0.25, 0.3) is 5.91 Å². The molecule has 2 rings (SSSR count). The summed E-state index contributed by atoms with van der Waals surface area (Å²) in [6.45, 7) is 7.39. The highest BCUT2D eigenvalue weighted by molar-refractivity contribution is 7.92. The van der Waals surface area contributed by atoms with E-state index in [1.807, 2.05) is 20.8 Å². The molecule has 0 aliphatic carbocycles. The van der Waals surface area contributed by atoms with Gasteiger partial charge in [-0.2, -0.15) is 0 Å². The molecule has 0 aromatic heterocycles. The molecular weight excluding hydrogens is 344 g/mol. The predicted molar refractivity (Wildman–Crippen MR) is 95.1 cm³/mol. The van der Waals surface area contributed by atoms with Gasteiger partial charge in [0.1, 0.15) is 0 Å². The average molecular weight is 368 g/mol. The summed E-state index contributed by atoms with van der Waals surface area (Å²) in [6.07, 6.45) is 0.760. The molecule has 1 aliphatic heterocycles. The molecule has 25 heavy (non-hydrogen) atoms. The first kappa shape index (κ1) is 19.2. The highest BCUT2D eigenvalue weighted by Crippen LogP contribution is 2.30. The standard InChI is InChI=1S/C17H24N2O5S/c1-11(15(20)18-17(2,3)4)24-16(21)13-6-7-14-12(10-13)8-9-19(14)25(5,22)23/h6-7,10-11H,8-9H2,1-5H3,(H,18,20)/t11-/m0/s1. The number of carbonyl (C=O) groups excluding carboxylic acids is 2. The number of amides is 1. The average Bonchev–Trinajstić information content (AvgIpc) is 2.88. The van der Waals surface area contributed by atoms with Gasteiger partial charge in [0, 0.05) is 12.1 Å². The van der Waals surface area contributed by atoms with Crippen molar-refractivity contribution < 1.29 is 22.7 Å². The summed E-state index contributed by atoms with van der Waals surface area (Å²) in [4.78, 5) is 24.3. The number of sulfonamides is 1. The van der Waals surface area contributed by atoms with Crippen molar-refractivity contribution >= 4 is 27.6 Å². The van der Waals surface area contributed by atoms with Crippen molar-refractivity contribution in [2.75, 3.05) is 17.1 Å². The maximum absolute atomic E-state index is 12.3. The lowest BCUT2D eigenvalue weighted by Gasteiger charge is -2.23. The molecule has 1 aromatic carbocycles. The van der Waals surface area contributed by atoms with Crippen molar-refractivity contribution in [2.45, 2.75) is 45.8 Å². The van der Waals surface area contributed by atoms with E-state index in [2.05, 4.69) is 5.32 Å². The van der Waals surface area contributed by atoms with Crippen LogP contribution in [0.2, 0.25) is 0 Å². The molecule has 1 atom stereocenters. The van der Waals surface area contributed by atoms with Gasteiger partial charge in [-0.1, -0.05) is 0 Å². The van der Waals surface area contributed by atoms with Crippen LogP contribution in [0.15, 0.2) is 18.2 Å². The van der Waals surface area contributed by atoms with E-state index in [1.54, 1.807) is 12.1 Å². The smallest absolute Gasteiger partial charge is 0.338 e. The van der Waals surface area contributed by atoms with Gasteiger partial charge in [-0.05, 0) is 57.9 Å². The van der Waals surface area contributed by atoms with E-state index in [4.69, 9.17) is 4.74 Å². The van der Waals surface area contributed by atoms with Gasteiger partial charge in [0.2, 0.25) is 10.0 Å². The Morgan fingerprint density at radius 3 is 2.48 bits per heavy atom. The Labute approximate surface area is 148 Å². The van der Waals surface area contributed by atoms with Crippen molar-refractivity contribution in [1.29, 1.82) is 0 Å². The number of nitrogens with one attached hydrogen (secondary N) is 1. The van der Waals surface area contributed by atoms with Crippen molar-refractivity contribution in [3.63, 3.8) is 0 Å². The van der Waals surface area contributed by atoms with E-state index < -0.39 is 27.6 Å². The zero-order valence-electron chi connectivity index (χ0n) is 15.1. The highest BCUT2D eigenvalue weighted by atomic mass is 32.2. The predicted octanol–water partition coefficient (Wildman–Crippen LogP) is 1.47. The number of nitrogens with zero attached hydrogens (tertiary/aromatic N) is 1. The van der Waals surface area contributed by atoms with Crippen molar-refractivity contribution in [1.82, 2.24) is 5.32 Å². The first-order valence-corrected chi connectivity index (χ1v) is 9.87. The van der Waals surface area contributed by atoms with Gasteiger partial charge in [-0.3, -0.25) is 9.10 Å². The summed E-state index contributed by atoms with van der Waals surface area (Å²) in [7, 11) is -3.33. The van der Waals surface area contributed by atoms with E-state index in [9.17, 15) is 18.0 Å². The van der Waals surface area contributed by atoms with Crippen LogP contribution in [0, 0.1) is 0 Å². The monoisotopic (exact) mass is 368 g/mol. The van der Waals surface area contributed by atoms with Gasteiger partial charge in [-0.15, -0.1) is 0 Å². The number of rotatable bonds is 4.